The van der Waals surface area contributed by atoms with Gasteiger partial charge in [0.2, 0.25) is 11.0 Å². The van der Waals surface area contributed by atoms with Gasteiger partial charge in [0.05, 0.1) is 5.69 Å². The minimum absolute atomic E-state index is 0. The first-order chi connectivity index (χ1) is 8.15. The third-order valence-corrected chi connectivity index (χ3v) is 2.95. The number of anilines is 1. The number of nitrogens with one attached hydrogen (secondary N) is 2. The Bertz CT molecular complexity index is 524. The van der Waals surface area contributed by atoms with Gasteiger partial charge < -0.3 is 0 Å². The lowest BCUT2D eigenvalue weighted by molar-refractivity contribution is -0.118. The average molecular weight is 328 g/mol. The Labute approximate surface area is 120 Å². The zero-order chi connectivity index (χ0) is 12.3. The number of rotatable bonds is 3. The Balaban J connectivity index is 0.00000162. The predicted molar refractivity (Wildman–Crippen MR) is 80.0 cm³/mol. The summed E-state index contributed by atoms with van der Waals surface area (Å²) in [6.45, 7) is 3.50. The van der Waals surface area contributed by atoms with Gasteiger partial charge in [0.15, 0.2) is 0 Å². The summed E-state index contributed by atoms with van der Waals surface area (Å²) in [5.74, 6) is -0.142. The topological polar surface area (TPSA) is 54.0 Å². The van der Waals surface area contributed by atoms with E-state index >= 15 is 0 Å². The van der Waals surface area contributed by atoms with E-state index in [0.29, 0.717) is 5.13 Å². The van der Waals surface area contributed by atoms with E-state index in [1.54, 1.807) is 0 Å². The van der Waals surface area contributed by atoms with Crippen molar-refractivity contribution >= 4 is 39.4 Å². The highest BCUT2D eigenvalue weighted by atomic mass is 79.9. The van der Waals surface area contributed by atoms with Gasteiger partial charge in [-0.3, -0.25) is 15.6 Å². The van der Waals surface area contributed by atoms with Crippen molar-refractivity contribution in [3.8, 4) is 11.3 Å². The van der Waals surface area contributed by atoms with Gasteiger partial charge in [-0.15, -0.1) is 28.3 Å². The second-order valence-electron chi connectivity index (χ2n) is 3.71. The smallest absolute Gasteiger partial charge is 0.235 e. The minimum atomic E-state index is -0.142. The molecule has 6 heteroatoms. The summed E-state index contributed by atoms with van der Waals surface area (Å²) in [5.41, 5.74) is 8.45. The quantitative estimate of drug-likeness (QED) is 0.851. The molecule has 0 bridgehead atoms. The highest BCUT2D eigenvalue weighted by Gasteiger charge is 2.04. The van der Waals surface area contributed by atoms with Crippen LogP contribution in [-0.2, 0) is 4.79 Å². The van der Waals surface area contributed by atoms with Crippen LogP contribution in [0.25, 0.3) is 11.3 Å². The van der Waals surface area contributed by atoms with Crippen LogP contribution in [0, 0.1) is 6.92 Å². The van der Waals surface area contributed by atoms with Gasteiger partial charge in [-0.25, -0.2) is 4.98 Å². The molecule has 1 aromatic heterocycles. The molecule has 18 heavy (non-hydrogen) atoms. The Morgan fingerprint density at radius 1 is 1.28 bits per heavy atom. The summed E-state index contributed by atoms with van der Waals surface area (Å²) in [5, 5.41) is 2.63. The molecule has 0 atom stereocenters. The fraction of sp³-hybridized carbons (Fsp3) is 0.167. The van der Waals surface area contributed by atoms with Gasteiger partial charge in [-0.1, -0.05) is 29.8 Å². The molecule has 4 nitrogen and oxygen atoms in total. The van der Waals surface area contributed by atoms with Crippen molar-refractivity contribution in [3.63, 3.8) is 0 Å². The molecule has 2 aromatic rings. The molecule has 0 aliphatic carbocycles. The lowest BCUT2D eigenvalue weighted by Crippen LogP contribution is -2.26. The number of hydrogen-bond donors (Lipinski definition) is 2. The van der Waals surface area contributed by atoms with Crippen molar-refractivity contribution in [1.82, 2.24) is 10.4 Å². The van der Waals surface area contributed by atoms with Crippen LogP contribution in [0.2, 0.25) is 0 Å². The number of halogens is 1. The van der Waals surface area contributed by atoms with Gasteiger partial charge in [0.1, 0.15) is 0 Å². The van der Waals surface area contributed by atoms with Crippen molar-refractivity contribution in [2.75, 3.05) is 5.43 Å². The Kier molecular flexibility index (Phi) is 5.30. The molecule has 0 unspecified atom stereocenters. The third kappa shape index (κ3) is 3.82. The zero-order valence-corrected chi connectivity index (χ0v) is 12.6. The fourth-order valence-corrected chi connectivity index (χ4v) is 2.00. The van der Waals surface area contributed by atoms with Crippen LogP contribution in [0.1, 0.15) is 12.5 Å². The number of carbonyl (C=O) groups is 1. The Morgan fingerprint density at radius 3 is 2.56 bits per heavy atom. The molecule has 2 rings (SSSR count). The van der Waals surface area contributed by atoms with Gasteiger partial charge in [0.25, 0.3) is 0 Å². The van der Waals surface area contributed by atoms with E-state index < -0.39 is 0 Å². The molecule has 1 amide bonds. The minimum Gasteiger partial charge on any atom is -0.274 e. The molecule has 0 saturated carbocycles. The van der Waals surface area contributed by atoms with Crippen molar-refractivity contribution in [3.05, 3.63) is 35.2 Å². The summed E-state index contributed by atoms with van der Waals surface area (Å²) in [6, 6.07) is 8.17. The van der Waals surface area contributed by atoms with Crippen LogP contribution >= 0.6 is 28.3 Å². The average Bonchev–Trinajstić information content (AvgIpc) is 2.76. The van der Waals surface area contributed by atoms with Crippen LogP contribution in [0.5, 0.6) is 0 Å². The van der Waals surface area contributed by atoms with Gasteiger partial charge in [-0.2, -0.15) is 0 Å². The molecule has 2 N–H and O–H groups in total. The first kappa shape index (κ1) is 14.7. The molecule has 0 fully saturated rings. The summed E-state index contributed by atoms with van der Waals surface area (Å²) in [7, 11) is 0. The van der Waals surface area contributed by atoms with Gasteiger partial charge in [-0.05, 0) is 6.92 Å². The number of aromatic nitrogens is 1. The monoisotopic (exact) mass is 327 g/mol. The van der Waals surface area contributed by atoms with E-state index in [-0.39, 0.29) is 22.9 Å². The highest BCUT2D eigenvalue weighted by Crippen LogP contribution is 2.24. The Morgan fingerprint density at radius 2 is 1.94 bits per heavy atom. The van der Waals surface area contributed by atoms with E-state index in [0.717, 1.165) is 11.3 Å². The van der Waals surface area contributed by atoms with Crippen LogP contribution < -0.4 is 10.9 Å². The summed E-state index contributed by atoms with van der Waals surface area (Å²) in [4.78, 5) is 15.1. The zero-order valence-electron chi connectivity index (χ0n) is 10.1. The fourth-order valence-electron chi connectivity index (χ4n) is 1.33. The number of benzene rings is 1. The molecule has 0 spiro atoms. The molecule has 0 aliphatic rings. The SMILES string of the molecule is Br.CC(=O)NNc1nc(-c2ccc(C)cc2)cs1. The second-order valence-corrected chi connectivity index (χ2v) is 4.57. The third-order valence-electron chi connectivity index (χ3n) is 2.20. The maximum Gasteiger partial charge on any atom is 0.235 e. The van der Waals surface area contributed by atoms with Crippen molar-refractivity contribution in [2.45, 2.75) is 13.8 Å². The van der Waals surface area contributed by atoms with Gasteiger partial charge >= 0.3 is 0 Å². The van der Waals surface area contributed by atoms with E-state index in [1.807, 2.05) is 17.5 Å². The lowest BCUT2D eigenvalue weighted by Gasteiger charge is -2.01. The highest BCUT2D eigenvalue weighted by molar-refractivity contribution is 8.93. The van der Waals surface area contributed by atoms with E-state index in [2.05, 4.69) is 34.9 Å². The normalized spacial score (nSPS) is 9.44. The molecule has 0 aliphatic heterocycles. The number of hydrogen-bond acceptors (Lipinski definition) is 4. The molecule has 0 radical (unpaired) electrons. The van der Waals surface area contributed by atoms with E-state index in [4.69, 9.17) is 0 Å². The molecule has 1 heterocycles. The summed E-state index contributed by atoms with van der Waals surface area (Å²) < 4.78 is 0. The predicted octanol–water partition coefficient (Wildman–Crippen LogP) is 3.16. The summed E-state index contributed by atoms with van der Waals surface area (Å²) >= 11 is 1.45. The number of hydrazine groups is 1. The maximum absolute atomic E-state index is 10.7. The van der Waals surface area contributed by atoms with E-state index in [9.17, 15) is 4.79 Å². The van der Waals surface area contributed by atoms with Crippen LogP contribution in [0.15, 0.2) is 29.6 Å². The van der Waals surface area contributed by atoms with Crippen LogP contribution in [0.3, 0.4) is 0 Å². The Hall–Kier alpha value is -1.40. The summed E-state index contributed by atoms with van der Waals surface area (Å²) in [6.07, 6.45) is 0. The van der Waals surface area contributed by atoms with Crippen molar-refractivity contribution < 1.29 is 4.79 Å². The molecular formula is C12H14BrN3OS. The first-order valence-corrected chi connectivity index (χ1v) is 6.08. The molecule has 0 saturated heterocycles. The molecular weight excluding hydrogens is 314 g/mol. The number of carbonyl (C=O) groups excluding carboxylic acids is 1. The second kappa shape index (κ2) is 6.51. The maximum atomic E-state index is 10.7. The molecule has 96 valence electrons. The van der Waals surface area contributed by atoms with Gasteiger partial charge in [0, 0.05) is 17.9 Å². The van der Waals surface area contributed by atoms with E-state index in [1.165, 1.54) is 23.8 Å². The first-order valence-electron chi connectivity index (χ1n) is 5.20. The number of nitrogens with zero attached hydrogens (tertiary/aromatic N) is 1. The van der Waals surface area contributed by atoms with Crippen LogP contribution in [-0.4, -0.2) is 10.9 Å². The lowest BCUT2D eigenvalue weighted by atomic mass is 10.1. The van der Waals surface area contributed by atoms with Crippen molar-refractivity contribution in [2.24, 2.45) is 0 Å². The number of amides is 1. The number of aryl methyl sites for hydroxylation is 1. The molecule has 1 aromatic carbocycles. The standard InChI is InChI=1S/C12H13N3OS.BrH/c1-8-3-5-10(6-4-8)11-7-17-12(13-11)15-14-9(2)16;/h3-7H,1-2H3,(H,13,15)(H,14,16);1H. The van der Waals surface area contributed by atoms with Crippen LogP contribution in [0.4, 0.5) is 5.13 Å². The van der Waals surface area contributed by atoms with Crippen molar-refractivity contribution in [1.29, 1.82) is 0 Å². The largest absolute Gasteiger partial charge is 0.274 e. The number of thiazole rings is 1.